The molecule has 1 aromatic heterocycles. The number of carbonyl (C=O) groups excluding carboxylic acids is 1. The highest BCUT2D eigenvalue weighted by Gasteiger charge is 2.28. The average molecular weight is 341 g/mol. The van der Waals surface area contributed by atoms with Crippen molar-refractivity contribution in [1.29, 1.82) is 0 Å². The molecule has 3 rings (SSSR count). The van der Waals surface area contributed by atoms with Gasteiger partial charge in [0, 0.05) is 18.8 Å². The zero-order valence-corrected chi connectivity index (χ0v) is 14.8. The molecule has 1 aliphatic rings. The maximum atomic E-state index is 12.6. The molecule has 0 bridgehead atoms. The first kappa shape index (κ1) is 17.7. The second kappa shape index (κ2) is 8.30. The number of likely N-dealkylation sites (tertiary alicyclic amines) is 1. The Bertz CT molecular complexity index is 675. The molecule has 1 atom stereocenters. The Balaban J connectivity index is 1.49. The number of hydrogen-bond acceptors (Lipinski definition) is 3. The quantitative estimate of drug-likeness (QED) is 0.849. The molecular formula is C20H27N3O2. The van der Waals surface area contributed by atoms with Gasteiger partial charge >= 0.3 is 0 Å². The molecule has 2 aromatic rings. The van der Waals surface area contributed by atoms with E-state index in [0.29, 0.717) is 18.7 Å². The maximum Gasteiger partial charge on any atom is 0.257 e. The first-order chi connectivity index (χ1) is 12.2. The molecule has 0 saturated carbocycles. The van der Waals surface area contributed by atoms with Crippen molar-refractivity contribution in [3.05, 3.63) is 53.3 Å². The molecule has 25 heavy (non-hydrogen) atoms. The third-order valence-electron chi connectivity index (χ3n) is 5.24. The van der Waals surface area contributed by atoms with Crippen LogP contribution in [0, 0.1) is 5.92 Å². The maximum absolute atomic E-state index is 12.6. The van der Waals surface area contributed by atoms with Gasteiger partial charge in [-0.15, -0.1) is 0 Å². The summed E-state index contributed by atoms with van der Waals surface area (Å²) in [5.41, 5.74) is 2.85. The minimum absolute atomic E-state index is 0.0582. The van der Waals surface area contributed by atoms with Crippen LogP contribution in [-0.4, -0.2) is 45.3 Å². The SMILES string of the molecule is CCc1[nH]ncc1C(=O)N1CCC(C(O)CCc2ccccc2)CC1. The van der Waals surface area contributed by atoms with Crippen molar-refractivity contribution in [2.24, 2.45) is 5.92 Å². The van der Waals surface area contributed by atoms with Crippen LogP contribution in [0.5, 0.6) is 0 Å². The molecule has 1 saturated heterocycles. The highest BCUT2D eigenvalue weighted by molar-refractivity contribution is 5.95. The minimum Gasteiger partial charge on any atom is -0.393 e. The number of aliphatic hydroxyl groups excluding tert-OH is 1. The molecule has 5 heteroatoms. The molecule has 0 aliphatic carbocycles. The van der Waals surface area contributed by atoms with Crippen LogP contribution in [0.1, 0.15) is 47.8 Å². The van der Waals surface area contributed by atoms with E-state index in [1.54, 1.807) is 6.20 Å². The number of nitrogens with one attached hydrogen (secondary N) is 1. The summed E-state index contributed by atoms with van der Waals surface area (Å²) in [6, 6.07) is 10.3. The lowest BCUT2D eigenvalue weighted by molar-refractivity contribution is 0.0436. The summed E-state index contributed by atoms with van der Waals surface area (Å²) in [5.74, 6) is 0.339. The van der Waals surface area contributed by atoms with E-state index in [2.05, 4.69) is 22.3 Å². The molecule has 1 aromatic carbocycles. The van der Waals surface area contributed by atoms with Crippen molar-refractivity contribution in [3.8, 4) is 0 Å². The molecule has 1 aliphatic heterocycles. The zero-order chi connectivity index (χ0) is 17.6. The number of aliphatic hydroxyl groups is 1. The van der Waals surface area contributed by atoms with Crippen LogP contribution < -0.4 is 0 Å². The van der Waals surface area contributed by atoms with Gasteiger partial charge in [-0.05, 0) is 43.6 Å². The highest BCUT2D eigenvalue weighted by Crippen LogP contribution is 2.25. The third kappa shape index (κ3) is 4.28. The van der Waals surface area contributed by atoms with Gasteiger partial charge in [0.2, 0.25) is 0 Å². The van der Waals surface area contributed by atoms with Crippen molar-refractivity contribution in [2.45, 2.75) is 45.1 Å². The fourth-order valence-corrected chi connectivity index (χ4v) is 3.62. The summed E-state index contributed by atoms with van der Waals surface area (Å²) < 4.78 is 0. The number of rotatable bonds is 6. The molecule has 1 amide bonds. The van der Waals surface area contributed by atoms with E-state index >= 15 is 0 Å². The summed E-state index contributed by atoms with van der Waals surface area (Å²) in [5, 5.41) is 17.4. The fraction of sp³-hybridized carbons (Fsp3) is 0.500. The van der Waals surface area contributed by atoms with Gasteiger partial charge in [0.1, 0.15) is 0 Å². The van der Waals surface area contributed by atoms with Crippen LogP contribution in [0.15, 0.2) is 36.5 Å². The average Bonchev–Trinajstić information content (AvgIpc) is 3.15. The number of carbonyl (C=O) groups is 1. The van der Waals surface area contributed by atoms with Crippen LogP contribution in [-0.2, 0) is 12.8 Å². The van der Waals surface area contributed by atoms with Gasteiger partial charge < -0.3 is 10.0 Å². The first-order valence-corrected chi connectivity index (χ1v) is 9.22. The number of benzene rings is 1. The van der Waals surface area contributed by atoms with Crippen LogP contribution in [0.3, 0.4) is 0 Å². The largest absolute Gasteiger partial charge is 0.393 e. The van der Waals surface area contributed by atoms with E-state index in [1.807, 2.05) is 30.0 Å². The summed E-state index contributed by atoms with van der Waals surface area (Å²) in [7, 11) is 0. The molecule has 0 spiro atoms. The number of piperidine rings is 1. The normalized spacial score (nSPS) is 16.8. The van der Waals surface area contributed by atoms with Crippen molar-refractivity contribution in [3.63, 3.8) is 0 Å². The Morgan fingerprint density at radius 3 is 2.72 bits per heavy atom. The molecule has 1 fully saturated rings. The van der Waals surface area contributed by atoms with Crippen molar-refractivity contribution >= 4 is 5.91 Å². The van der Waals surface area contributed by atoms with E-state index in [1.165, 1.54) is 5.56 Å². The van der Waals surface area contributed by atoms with Gasteiger partial charge in [-0.25, -0.2) is 0 Å². The standard InChI is InChI=1S/C20H27N3O2/c1-2-18-17(14-21-22-18)20(25)23-12-10-16(11-13-23)19(24)9-8-15-6-4-3-5-7-15/h3-7,14,16,19,24H,2,8-13H2,1H3,(H,21,22). The Kier molecular flexibility index (Phi) is 5.87. The van der Waals surface area contributed by atoms with Gasteiger partial charge in [-0.3, -0.25) is 9.89 Å². The predicted octanol–water partition coefficient (Wildman–Crippen LogP) is 2.82. The smallest absolute Gasteiger partial charge is 0.257 e. The minimum atomic E-state index is -0.294. The molecule has 2 N–H and O–H groups in total. The second-order valence-corrected chi connectivity index (χ2v) is 6.84. The van der Waals surface area contributed by atoms with E-state index < -0.39 is 0 Å². The van der Waals surface area contributed by atoms with Crippen molar-refractivity contribution in [2.75, 3.05) is 13.1 Å². The molecule has 2 heterocycles. The van der Waals surface area contributed by atoms with Crippen LogP contribution in [0.2, 0.25) is 0 Å². The van der Waals surface area contributed by atoms with Crippen LogP contribution in [0.25, 0.3) is 0 Å². The topological polar surface area (TPSA) is 69.2 Å². The van der Waals surface area contributed by atoms with Gasteiger partial charge in [-0.1, -0.05) is 37.3 Å². The molecule has 0 radical (unpaired) electrons. The molecule has 1 unspecified atom stereocenters. The fourth-order valence-electron chi connectivity index (χ4n) is 3.62. The lowest BCUT2D eigenvalue weighted by Gasteiger charge is -2.34. The highest BCUT2D eigenvalue weighted by atomic mass is 16.3. The first-order valence-electron chi connectivity index (χ1n) is 9.22. The van der Waals surface area contributed by atoms with Crippen molar-refractivity contribution in [1.82, 2.24) is 15.1 Å². The Labute approximate surface area is 149 Å². The summed E-state index contributed by atoms with van der Waals surface area (Å²) in [4.78, 5) is 14.5. The Hall–Kier alpha value is -2.14. The van der Waals surface area contributed by atoms with Gasteiger partial charge in [0.15, 0.2) is 0 Å². The zero-order valence-electron chi connectivity index (χ0n) is 14.8. The van der Waals surface area contributed by atoms with E-state index in [4.69, 9.17) is 0 Å². The molecule has 5 nitrogen and oxygen atoms in total. The lowest BCUT2D eigenvalue weighted by Crippen LogP contribution is -2.41. The second-order valence-electron chi connectivity index (χ2n) is 6.84. The summed E-state index contributed by atoms with van der Waals surface area (Å²) in [6.45, 7) is 3.43. The van der Waals surface area contributed by atoms with Gasteiger partial charge in [0.25, 0.3) is 5.91 Å². The van der Waals surface area contributed by atoms with E-state index in [0.717, 1.165) is 37.8 Å². The van der Waals surface area contributed by atoms with Crippen LogP contribution in [0.4, 0.5) is 0 Å². The Morgan fingerprint density at radius 1 is 1.32 bits per heavy atom. The number of hydrogen-bond donors (Lipinski definition) is 2. The van der Waals surface area contributed by atoms with E-state index in [9.17, 15) is 9.90 Å². The van der Waals surface area contributed by atoms with Crippen LogP contribution >= 0.6 is 0 Å². The predicted molar refractivity (Wildman–Crippen MR) is 97.4 cm³/mol. The third-order valence-corrected chi connectivity index (χ3v) is 5.24. The molecule has 134 valence electrons. The van der Waals surface area contributed by atoms with Gasteiger partial charge in [-0.2, -0.15) is 5.10 Å². The number of aromatic nitrogens is 2. The molecular weight excluding hydrogens is 314 g/mol. The van der Waals surface area contributed by atoms with Crippen molar-refractivity contribution < 1.29 is 9.90 Å². The Morgan fingerprint density at radius 2 is 2.04 bits per heavy atom. The number of aromatic amines is 1. The number of H-pyrrole nitrogens is 1. The summed E-state index contributed by atoms with van der Waals surface area (Å²) in [6.07, 6.45) is 5.51. The number of nitrogens with zero attached hydrogens (tertiary/aromatic N) is 2. The number of aryl methyl sites for hydroxylation is 2. The van der Waals surface area contributed by atoms with Gasteiger partial charge in [0.05, 0.1) is 17.9 Å². The number of amides is 1. The monoisotopic (exact) mass is 341 g/mol. The summed E-state index contributed by atoms with van der Waals surface area (Å²) >= 11 is 0. The van der Waals surface area contributed by atoms with E-state index in [-0.39, 0.29) is 17.9 Å². The lowest BCUT2D eigenvalue weighted by atomic mass is 9.88.